The summed E-state index contributed by atoms with van der Waals surface area (Å²) in [5.74, 6) is 1.42. The molecule has 0 unspecified atom stereocenters. The van der Waals surface area contributed by atoms with Crippen LogP contribution in [0.15, 0.2) is 29.7 Å². The zero-order valence-corrected chi connectivity index (χ0v) is 17.0. The van der Waals surface area contributed by atoms with Crippen molar-refractivity contribution in [1.82, 2.24) is 19.7 Å². The third-order valence-corrected chi connectivity index (χ3v) is 6.96. The zero-order valence-electron chi connectivity index (χ0n) is 16.2. The van der Waals surface area contributed by atoms with Gasteiger partial charge < -0.3 is 4.90 Å². The van der Waals surface area contributed by atoms with Gasteiger partial charge in [-0.2, -0.15) is 0 Å². The van der Waals surface area contributed by atoms with Gasteiger partial charge in [0.05, 0.1) is 11.4 Å². The average molecular weight is 385 g/mol. The molecule has 2 aliphatic rings. The number of aromatic nitrogens is 3. The van der Waals surface area contributed by atoms with E-state index in [-0.39, 0.29) is 5.91 Å². The Balaban J connectivity index is 1.46. The molecule has 1 amide bonds. The van der Waals surface area contributed by atoms with Crippen LogP contribution < -0.4 is 0 Å². The van der Waals surface area contributed by atoms with Crippen molar-refractivity contribution < 1.29 is 4.79 Å². The average Bonchev–Trinajstić information content (AvgIpc) is 3.16. The fourth-order valence-electron chi connectivity index (χ4n) is 4.61. The molecule has 0 radical (unpaired) electrons. The quantitative estimate of drug-likeness (QED) is 0.743. The highest BCUT2D eigenvalue weighted by Crippen LogP contribution is 2.35. The van der Waals surface area contributed by atoms with Crippen molar-refractivity contribution in [2.24, 2.45) is 5.92 Å². The molecule has 27 heavy (non-hydrogen) atoms. The molecule has 144 valence electrons. The molecule has 1 aliphatic heterocycles. The van der Waals surface area contributed by atoms with Crippen LogP contribution in [-0.2, 0) is 4.79 Å². The van der Waals surface area contributed by atoms with E-state index in [9.17, 15) is 4.79 Å². The molecule has 1 saturated carbocycles. The molecule has 6 heteroatoms. The third-order valence-electron chi connectivity index (χ3n) is 6.03. The Bertz CT molecular complexity index is 816. The van der Waals surface area contributed by atoms with E-state index in [0.717, 1.165) is 29.7 Å². The monoisotopic (exact) mass is 384 g/mol. The molecule has 5 nitrogen and oxygen atoms in total. The van der Waals surface area contributed by atoms with Crippen LogP contribution in [0.1, 0.15) is 49.7 Å². The summed E-state index contributed by atoms with van der Waals surface area (Å²) in [6.07, 6.45) is 9.25. The fraction of sp³-hybridized carbons (Fsp3) is 0.571. The lowest BCUT2D eigenvalue weighted by molar-refractivity contribution is -0.134. The molecular weight excluding hydrogens is 356 g/mol. The van der Waals surface area contributed by atoms with Gasteiger partial charge in [0.25, 0.3) is 0 Å². The van der Waals surface area contributed by atoms with Gasteiger partial charge in [-0.1, -0.05) is 36.7 Å². The maximum Gasteiger partial charge on any atom is 0.233 e. The Hall–Kier alpha value is -1.82. The van der Waals surface area contributed by atoms with E-state index in [1.54, 1.807) is 6.33 Å². The van der Waals surface area contributed by atoms with E-state index < -0.39 is 0 Å². The number of benzene rings is 1. The first kappa shape index (κ1) is 18.5. The molecule has 1 saturated heterocycles. The van der Waals surface area contributed by atoms with Crippen LogP contribution in [0.4, 0.5) is 0 Å². The summed E-state index contributed by atoms with van der Waals surface area (Å²) in [6.45, 7) is 5.09. The predicted octanol–water partition coefficient (Wildman–Crippen LogP) is 4.16. The lowest BCUT2D eigenvalue weighted by atomic mass is 9.78. The first-order valence-electron chi connectivity index (χ1n) is 10.0. The maximum atomic E-state index is 13.0. The van der Waals surface area contributed by atoms with Crippen LogP contribution in [0.25, 0.3) is 5.69 Å². The summed E-state index contributed by atoms with van der Waals surface area (Å²) < 4.78 is 2.00. The number of hydrogen-bond donors (Lipinski definition) is 0. The Morgan fingerprint density at radius 1 is 1.19 bits per heavy atom. The van der Waals surface area contributed by atoms with Gasteiger partial charge in [-0.25, -0.2) is 0 Å². The highest BCUT2D eigenvalue weighted by Gasteiger charge is 2.35. The summed E-state index contributed by atoms with van der Waals surface area (Å²) in [6, 6.07) is 6.83. The highest BCUT2D eigenvalue weighted by molar-refractivity contribution is 7.99. The number of piperidine rings is 1. The zero-order chi connectivity index (χ0) is 18.8. The van der Waals surface area contributed by atoms with Gasteiger partial charge in [-0.3, -0.25) is 9.36 Å². The van der Waals surface area contributed by atoms with Crippen LogP contribution in [0.3, 0.4) is 0 Å². The minimum absolute atomic E-state index is 0.257. The lowest BCUT2D eigenvalue weighted by Gasteiger charge is -2.44. The smallest absolute Gasteiger partial charge is 0.233 e. The third kappa shape index (κ3) is 3.91. The first-order chi connectivity index (χ1) is 13.1. The van der Waals surface area contributed by atoms with E-state index in [1.807, 2.05) is 4.57 Å². The van der Waals surface area contributed by atoms with Crippen molar-refractivity contribution in [2.75, 3.05) is 12.3 Å². The van der Waals surface area contributed by atoms with Crippen LogP contribution in [-0.4, -0.2) is 43.9 Å². The van der Waals surface area contributed by atoms with Gasteiger partial charge in [-0.15, -0.1) is 10.2 Å². The number of carbonyl (C=O) groups is 1. The van der Waals surface area contributed by atoms with Gasteiger partial charge >= 0.3 is 0 Å². The number of hydrogen-bond acceptors (Lipinski definition) is 4. The normalized spacial score (nSPS) is 22.5. The summed E-state index contributed by atoms with van der Waals surface area (Å²) in [7, 11) is 0. The molecular formula is C21H28N4OS. The van der Waals surface area contributed by atoms with Crippen LogP contribution in [0.2, 0.25) is 0 Å². The maximum absolute atomic E-state index is 13.0. The summed E-state index contributed by atoms with van der Waals surface area (Å²) in [4.78, 5) is 15.1. The number of carbonyl (C=O) groups excluding carboxylic acids is 1. The summed E-state index contributed by atoms with van der Waals surface area (Å²) >= 11 is 1.50. The van der Waals surface area contributed by atoms with Crippen LogP contribution >= 0.6 is 11.8 Å². The van der Waals surface area contributed by atoms with Crippen LogP contribution in [0, 0.1) is 19.8 Å². The van der Waals surface area contributed by atoms with Crippen molar-refractivity contribution in [3.8, 4) is 5.69 Å². The molecule has 0 bridgehead atoms. The number of likely N-dealkylation sites (tertiary alicyclic amines) is 1. The second-order valence-electron chi connectivity index (χ2n) is 7.90. The molecule has 2 aromatic rings. The van der Waals surface area contributed by atoms with Crippen molar-refractivity contribution in [1.29, 1.82) is 0 Å². The second kappa shape index (κ2) is 8.05. The Labute approximate surface area is 165 Å². The first-order valence-corrected chi connectivity index (χ1v) is 11.0. The number of rotatable bonds is 4. The highest BCUT2D eigenvalue weighted by atomic mass is 32.2. The molecule has 1 aromatic carbocycles. The Morgan fingerprint density at radius 3 is 2.89 bits per heavy atom. The van der Waals surface area contributed by atoms with Gasteiger partial charge in [0, 0.05) is 12.6 Å². The van der Waals surface area contributed by atoms with Gasteiger partial charge in [0.1, 0.15) is 6.33 Å². The Kier molecular flexibility index (Phi) is 5.53. The topological polar surface area (TPSA) is 51.0 Å². The summed E-state index contributed by atoms with van der Waals surface area (Å²) in [5.41, 5.74) is 3.46. The SMILES string of the molecule is Cc1ccc(C)c(-n2cnnc2SCC(=O)N2CCC[C@@H]3CCCC[C@H]32)c1. The number of thioether (sulfide) groups is 1. The summed E-state index contributed by atoms with van der Waals surface area (Å²) in [5, 5.41) is 9.15. The number of aryl methyl sites for hydroxylation is 2. The van der Waals surface area contributed by atoms with Crippen LogP contribution in [0.5, 0.6) is 0 Å². The van der Waals surface area contributed by atoms with E-state index in [2.05, 4.69) is 47.1 Å². The fourth-order valence-corrected chi connectivity index (χ4v) is 5.42. The van der Waals surface area contributed by atoms with Crippen molar-refractivity contribution in [3.63, 3.8) is 0 Å². The predicted molar refractivity (Wildman–Crippen MR) is 108 cm³/mol. The molecule has 2 fully saturated rings. The largest absolute Gasteiger partial charge is 0.339 e. The Morgan fingerprint density at radius 2 is 2.00 bits per heavy atom. The molecule has 0 N–H and O–H groups in total. The van der Waals surface area contributed by atoms with Crippen molar-refractivity contribution in [2.45, 2.75) is 63.6 Å². The molecule has 0 spiro atoms. The van der Waals surface area contributed by atoms with E-state index >= 15 is 0 Å². The molecule has 1 aliphatic carbocycles. The van der Waals surface area contributed by atoms with Gasteiger partial charge in [0.2, 0.25) is 5.91 Å². The molecule has 4 rings (SSSR count). The van der Waals surface area contributed by atoms with Crippen molar-refractivity contribution >= 4 is 17.7 Å². The molecule has 2 atom stereocenters. The minimum atomic E-state index is 0.257. The van der Waals surface area contributed by atoms with E-state index in [1.165, 1.54) is 55.0 Å². The second-order valence-corrected chi connectivity index (χ2v) is 8.85. The molecule has 2 heterocycles. The number of fused-ring (bicyclic) bond motifs is 1. The standard InChI is InChI=1S/C21H28N4OS/c1-15-9-10-16(2)19(12-15)25-14-22-23-21(25)27-13-20(26)24-11-5-7-17-6-3-4-8-18(17)24/h9-10,12,14,17-18H,3-8,11,13H2,1-2H3/t17-,18+/m0/s1. The van der Waals surface area contributed by atoms with Gasteiger partial charge in [0.15, 0.2) is 5.16 Å². The van der Waals surface area contributed by atoms with Crippen molar-refractivity contribution in [3.05, 3.63) is 35.7 Å². The minimum Gasteiger partial charge on any atom is -0.339 e. The number of nitrogens with zero attached hydrogens (tertiary/aromatic N) is 4. The van der Waals surface area contributed by atoms with E-state index in [0.29, 0.717) is 11.8 Å². The number of amides is 1. The molecule has 1 aromatic heterocycles. The lowest BCUT2D eigenvalue weighted by Crippen LogP contribution is -2.50. The van der Waals surface area contributed by atoms with Gasteiger partial charge in [-0.05, 0) is 62.6 Å². The van der Waals surface area contributed by atoms with E-state index in [4.69, 9.17) is 0 Å².